The highest BCUT2D eigenvalue weighted by atomic mass is 16.3. The Bertz CT molecular complexity index is 397. The van der Waals surface area contributed by atoms with Gasteiger partial charge in [-0.25, -0.2) is 0 Å². The molecule has 2 unspecified atom stereocenters. The summed E-state index contributed by atoms with van der Waals surface area (Å²) in [4.78, 5) is 0. The third-order valence-corrected chi connectivity index (χ3v) is 2.93. The number of nitriles is 1. The van der Waals surface area contributed by atoms with Gasteiger partial charge in [-0.05, 0) is 24.1 Å². The van der Waals surface area contributed by atoms with Crippen LogP contribution in [0.3, 0.4) is 0 Å². The highest BCUT2D eigenvalue weighted by molar-refractivity contribution is 5.49. The van der Waals surface area contributed by atoms with E-state index in [1.807, 2.05) is 18.2 Å². The van der Waals surface area contributed by atoms with E-state index in [4.69, 9.17) is 16.1 Å². The van der Waals surface area contributed by atoms with Crippen molar-refractivity contribution in [2.24, 2.45) is 5.92 Å². The van der Waals surface area contributed by atoms with Crippen LogP contribution in [-0.4, -0.2) is 11.7 Å². The summed E-state index contributed by atoms with van der Waals surface area (Å²) in [5.41, 5.74) is 6.77. The number of benzene rings is 1. The van der Waals surface area contributed by atoms with Gasteiger partial charge in [0.15, 0.2) is 0 Å². The first-order valence-corrected chi connectivity index (χ1v) is 4.61. The summed E-state index contributed by atoms with van der Waals surface area (Å²) in [6.07, 6.45) is 0.740. The van der Waals surface area contributed by atoms with Crippen molar-refractivity contribution in [3.63, 3.8) is 0 Å². The van der Waals surface area contributed by atoms with E-state index < -0.39 is 5.41 Å². The minimum Gasteiger partial charge on any atom is -0.399 e. The second-order valence-electron chi connectivity index (χ2n) is 3.79. The smallest absolute Gasteiger partial charge is 0.0877 e. The molecule has 2 atom stereocenters. The van der Waals surface area contributed by atoms with Gasteiger partial charge in [-0.3, -0.25) is 0 Å². The van der Waals surface area contributed by atoms with E-state index in [2.05, 4.69) is 6.07 Å². The van der Waals surface area contributed by atoms with Crippen LogP contribution >= 0.6 is 0 Å². The fourth-order valence-electron chi connectivity index (χ4n) is 1.92. The van der Waals surface area contributed by atoms with E-state index in [-0.39, 0.29) is 12.5 Å². The van der Waals surface area contributed by atoms with Crippen LogP contribution in [0.1, 0.15) is 12.0 Å². The third-order valence-electron chi connectivity index (χ3n) is 2.93. The highest BCUT2D eigenvalue weighted by Gasteiger charge is 2.55. The van der Waals surface area contributed by atoms with Crippen molar-refractivity contribution in [2.45, 2.75) is 11.8 Å². The maximum atomic E-state index is 9.10. The predicted molar refractivity (Wildman–Crippen MR) is 53.3 cm³/mol. The van der Waals surface area contributed by atoms with E-state index in [1.165, 1.54) is 0 Å². The Morgan fingerprint density at radius 3 is 2.93 bits per heavy atom. The van der Waals surface area contributed by atoms with E-state index in [0.29, 0.717) is 5.69 Å². The van der Waals surface area contributed by atoms with E-state index in [9.17, 15) is 0 Å². The summed E-state index contributed by atoms with van der Waals surface area (Å²) in [5.74, 6) is 0.0781. The molecule has 0 bridgehead atoms. The molecule has 1 fully saturated rings. The summed E-state index contributed by atoms with van der Waals surface area (Å²) in [7, 11) is 0. The number of aliphatic hydroxyl groups is 1. The van der Waals surface area contributed by atoms with E-state index in [0.717, 1.165) is 12.0 Å². The Hall–Kier alpha value is -1.53. The lowest BCUT2D eigenvalue weighted by Gasteiger charge is -2.08. The number of anilines is 1. The van der Waals surface area contributed by atoms with Crippen molar-refractivity contribution < 1.29 is 5.11 Å². The van der Waals surface area contributed by atoms with Gasteiger partial charge in [-0.15, -0.1) is 0 Å². The monoisotopic (exact) mass is 188 g/mol. The third kappa shape index (κ3) is 1.16. The Morgan fingerprint density at radius 2 is 2.43 bits per heavy atom. The standard InChI is InChI=1S/C11H12N2O/c12-7-11(5-9(11)6-14)8-2-1-3-10(13)4-8/h1-4,9,14H,5-6,13H2. The fourth-order valence-corrected chi connectivity index (χ4v) is 1.92. The molecule has 0 saturated heterocycles. The molecule has 1 aromatic carbocycles. The summed E-state index contributed by atoms with van der Waals surface area (Å²) < 4.78 is 0. The van der Waals surface area contributed by atoms with Crippen molar-refractivity contribution in [1.82, 2.24) is 0 Å². The zero-order chi connectivity index (χ0) is 10.2. The zero-order valence-corrected chi connectivity index (χ0v) is 7.77. The van der Waals surface area contributed by atoms with E-state index in [1.54, 1.807) is 6.07 Å². The normalized spacial score (nSPS) is 29.6. The molecule has 0 spiro atoms. The maximum Gasteiger partial charge on any atom is 0.0877 e. The quantitative estimate of drug-likeness (QED) is 0.681. The van der Waals surface area contributed by atoms with E-state index >= 15 is 0 Å². The average molecular weight is 188 g/mol. The van der Waals surface area contributed by atoms with Gasteiger partial charge in [0.1, 0.15) is 0 Å². The van der Waals surface area contributed by atoms with Gasteiger partial charge in [0.05, 0.1) is 11.5 Å². The van der Waals surface area contributed by atoms with Crippen molar-refractivity contribution in [3.8, 4) is 6.07 Å². The Labute approximate surface area is 82.8 Å². The van der Waals surface area contributed by atoms with Gasteiger partial charge in [0.25, 0.3) is 0 Å². The summed E-state index contributed by atoms with van der Waals surface area (Å²) in [6, 6.07) is 9.64. The largest absolute Gasteiger partial charge is 0.399 e. The molecule has 2 rings (SSSR count). The van der Waals surface area contributed by atoms with Crippen LogP contribution in [0, 0.1) is 17.2 Å². The zero-order valence-electron chi connectivity index (χ0n) is 7.77. The number of nitrogen functional groups attached to an aromatic ring is 1. The molecule has 0 radical (unpaired) electrons. The van der Waals surface area contributed by atoms with Crippen LogP contribution < -0.4 is 5.73 Å². The SMILES string of the molecule is N#CC1(c2cccc(N)c2)CC1CO. The first-order valence-electron chi connectivity index (χ1n) is 4.61. The molecular formula is C11H12N2O. The fraction of sp³-hybridized carbons (Fsp3) is 0.364. The number of nitrogens with two attached hydrogens (primary N) is 1. The van der Waals surface area contributed by atoms with Crippen molar-refractivity contribution in [2.75, 3.05) is 12.3 Å². The minimum atomic E-state index is -0.482. The Balaban J connectivity index is 2.36. The Kier molecular flexibility index (Phi) is 1.94. The number of nitrogens with zero attached hydrogens (tertiary/aromatic N) is 1. The molecule has 0 aliphatic heterocycles. The molecule has 1 aliphatic rings. The number of hydrogen-bond donors (Lipinski definition) is 2. The Morgan fingerprint density at radius 1 is 1.64 bits per heavy atom. The van der Waals surface area contributed by atoms with Crippen molar-refractivity contribution in [1.29, 1.82) is 5.26 Å². The molecule has 0 aromatic heterocycles. The lowest BCUT2D eigenvalue weighted by atomic mass is 9.94. The molecule has 0 heterocycles. The second-order valence-corrected chi connectivity index (χ2v) is 3.79. The topological polar surface area (TPSA) is 70.0 Å². The molecule has 3 heteroatoms. The first kappa shape index (κ1) is 9.04. The molecule has 1 saturated carbocycles. The van der Waals surface area contributed by atoms with Gasteiger partial charge >= 0.3 is 0 Å². The van der Waals surface area contributed by atoms with Gasteiger partial charge in [-0.1, -0.05) is 12.1 Å². The lowest BCUT2D eigenvalue weighted by Crippen LogP contribution is -2.09. The van der Waals surface area contributed by atoms with Crippen LogP contribution in [0.4, 0.5) is 5.69 Å². The van der Waals surface area contributed by atoms with Crippen LogP contribution in [0.25, 0.3) is 0 Å². The highest BCUT2D eigenvalue weighted by Crippen LogP contribution is 2.53. The van der Waals surface area contributed by atoms with Crippen LogP contribution in [0.15, 0.2) is 24.3 Å². The van der Waals surface area contributed by atoms with Crippen molar-refractivity contribution >= 4 is 5.69 Å². The average Bonchev–Trinajstić information content (AvgIpc) is 2.93. The molecule has 14 heavy (non-hydrogen) atoms. The lowest BCUT2D eigenvalue weighted by molar-refractivity contribution is 0.269. The van der Waals surface area contributed by atoms with Gasteiger partial charge in [0.2, 0.25) is 0 Å². The summed E-state index contributed by atoms with van der Waals surface area (Å²) in [6.45, 7) is 0.0718. The number of rotatable bonds is 2. The molecule has 72 valence electrons. The van der Waals surface area contributed by atoms with Gasteiger partial charge in [0, 0.05) is 18.2 Å². The summed E-state index contributed by atoms with van der Waals surface area (Å²) >= 11 is 0. The van der Waals surface area contributed by atoms with Crippen LogP contribution in [0.2, 0.25) is 0 Å². The molecule has 3 nitrogen and oxygen atoms in total. The van der Waals surface area contributed by atoms with Gasteiger partial charge in [-0.2, -0.15) is 5.26 Å². The molecule has 1 aromatic rings. The maximum absolute atomic E-state index is 9.10. The first-order chi connectivity index (χ1) is 6.73. The van der Waals surface area contributed by atoms with Crippen molar-refractivity contribution in [3.05, 3.63) is 29.8 Å². The molecule has 3 N–H and O–H groups in total. The number of aliphatic hydroxyl groups excluding tert-OH is 1. The van der Waals surface area contributed by atoms with Crippen LogP contribution in [-0.2, 0) is 5.41 Å². The van der Waals surface area contributed by atoms with Crippen LogP contribution in [0.5, 0.6) is 0 Å². The minimum absolute atomic E-state index is 0.0718. The predicted octanol–water partition coefficient (Wildman–Crippen LogP) is 1.04. The summed E-state index contributed by atoms with van der Waals surface area (Å²) in [5, 5.41) is 18.1. The molecule has 0 amide bonds. The van der Waals surface area contributed by atoms with Gasteiger partial charge < -0.3 is 10.8 Å². The number of hydrogen-bond acceptors (Lipinski definition) is 3. The second kappa shape index (κ2) is 3.00. The molecule has 1 aliphatic carbocycles. The molecular weight excluding hydrogens is 176 g/mol.